The summed E-state index contributed by atoms with van der Waals surface area (Å²) in [5.41, 5.74) is 5.17. The third-order valence-corrected chi connectivity index (χ3v) is 6.66. The third kappa shape index (κ3) is 3.71. The van der Waals surface area contributed by atoms with E-state index in [9.17, 15) is 0 Å². The van der Waals surface area contributed by atoms with Crippen molar-refractivity contribution in [3.05, 3.63) is 54.7 Å². The summed E-state index contributed by atoms with van der Waals surface area (Å²) in [6.45, 7) is 9.34. The first-order valence-electron chi connectivity index (χ1n) is 11.5. The lowest BCUT2D eigenvalue weighted by Crippen LogP contribution is -2.48. The van der Waals surface area contributed by atoms with Crippen molar-refractivity contribution in [2.24, 2.45) is 0 Å². The van der Waals surface area contributed by atoms with Crippen LogP contribution in [0, 0.1) is 0 Å². The Bertz CT molecular complexity index is 1400. The number of piperazine rings is 1. The summed E-state index contributed by atoms with van der Waals surface area (Å²) < 4.78 is 6.16. The van der Waals surface area contributed by atoms with E-state index in [1.807, 2.05) is 12.4 Å². The predicted octanol–water partition coefficient (Wildman–Crippen LogP) is 4.29. The second-order valence-corrected chi connectivity index (χ2v) is 9.01. The molecule has 0 spiro atoms. The fourth-order valence-electron chi connectivity index (χ4n) is 4.78. The number of hydrogen-bond donors (Lipinski definition) is 2. The average Bonchev–Trinajstić information content (AvgIpc) is 3.59. The maximum atomic E-state index is 6.16. The molecule has 2 N–H and O–H groups in total. The standard InChI is InChI=1S/C25H27N7O/c1-16(2)32-10-8-31(9-11-32)15-24-29-30-25(33-24)20-12-17(13-23-21(20)14-27-28-23)18-4-3-5-22-19(18)6-7-26-22/h3-7,12-14,16,26H,8-11,15H2,1-2H3,(H,27,28). The molecule has 1 aliphatic rings. The summed E-state index contributed by atoms with van der Waals surface area (Å²) in [4.78, 5) is 8.17. The van der Waals surface area contributed by atoms with Crippen LogP contribution < -0.4 is 0 Å². The van der Waals surface area contributed by atoms with Gasteiger partial charge in [-0.3, -0.25) is 14.9 Å². The molecular weight excluding hydrogens is 414 g/mol. The molecule has 3 aromatic heterocycles. The third-order valence-electron chi connectivity index (χ3n) is 6.66. The van der Waals surface area contributed by atoms with Crippen LogP contribution in [-0.2, 0) is 6.54 Å². The van der Waals surface area contributed by atoms with E-state index < -0.39 is 0 Å². The maximum Gasteiger partial charge on any atom is 0.248 e. The van der Waals surface area contributed by atoms with E-state index in [0.29, 0.717) is 24.4 Å². The smallest absolute Gasteiger partial charge is 0.248 e. The fourth-order valence-corrected chi connectivity index (χ4v) is 4.78. The zero-order valence-corrected chi connectivity index (χ0v) is 18.9. The number of benzene rings is 2. The Hall–Kier alpha value is -3.49. The van der Waals surface area contributed by atoms with E-state index in [4.69, 9.17) is 4.42 Å². The summed E-state index contributed by atoms with van der Waals surface area (Å²) in [5.74, 6) is 1.18. The van der Waals surface area contributed by atoms with Crippen LogP contribution in [0.1, 0.15) is 19.7 Å². The SMILES string of the molecule is CC(C)N1CCN(Cc2nnc(-c3cc(-c4cccc5[nH]ccc45)cc4[nH]ncc34)o2)CC1. The minimum Gasteiger partial charge on any atom is -0.419 e. The summed E-state index contributed by atoms with van der Waals surface area (Å²) in [6.07, 6.45) is 3.79. The molecule has 1 aliphatic heterocycles. The largest absolute Gasteiger partial charge is 0.419 e. The number of aromatic amines is 2. The van der Waals surface area contributed by atoms with Gasteiger partial charge in [-0.2, -0.15) is 5.10 Å². The minimum atomic E-state index is 0.528. The van der Waals surface area contributed by atoms with Crippen molar-refractivity contribution >= 4 is 21.8 Å². The van der Waals surface area contributed by atoms with Gasteiger partial charge in [-0.1, -0.05) is 12.1 Å². The Morgan fingerprint density at radius 2 is 1.85 bits per heavy atom. The molecule has 2 aromatic carbocycles. The van der Waals surface area contributed by atoms with E-state index in [0.717, 1.165) is 59.3 Å². The molecule has 0 radical (unpaired) electrons. The molecule has 6 rings (SSSR count). The van der Waals surface area contributed by atoms with Crippen LogP contribution in [0.15, 0.2) is 53.2 Å². The van der Waals surface area contributed by atoms with Crippen molar-refractivity contribution < 1.29 is 4.42 Å². The highest BCUT2D eigenvalue weighted by Gasteiger charge is 2.21. The molecule has 8 nitrogen and oxygen atoms in total. The Kier molecular flexibility index (Phi) is 4.96. The lowest BCUT2D eigenvalue weighted by atomic mass is 9.98. The highest BCUT2D eigenvalue weighted by atomic mass is 16.4. The van der Waals surface area contributed by atoms with Gasteiger partial charge in [-0.15, -0.1) is 10.2 Å². The molecule has 0 atom stereocenters. The van der Waals surface area contributed by atoms with E-state index in [1.54, 1.807) is 0 Å². The minimum absolute atomic E-state index is 0.528. The van der Waals surface area contributed by atoms with Gasteiger partial charge in [0.1, 0.15) is 0 Å². The Morgan fingerprint density at radius 3 is 2.70 bits per heavy atom. The molecule has 0 bridgehead atoms. The normalized spacial score (nSPS) is 15.8. The van der Waals surface area contributed by atoms with Gasteiger partial charge in [-0.05, 0) is 49.2 Å². The van der Waals surface area contributed by atoms with E-state index >= 15 is 0 Å². The van der Waals surface area contributed by atoms with Crippen molar-refractivity contribution in [1.29, 1.82) is 0 Å². The van der Waals surface area contributed by atoms with Gasteiger partial charge in [0.05, 0.1) is 23.8 Å². The number of nitrogens with one attached hydrogen (secondary N) is 2. The van der Waals surface area contributed by atoms with Crippen LogP contribution in [0.5, 0.6) is 0 Å². The Balaban J connectivity index is 1.32. The van der Waals surface area contributed by atoms with Crippen LogP contribution in [0.2, 0.25) is 0 Å². The van der Waals surface area contributed by atoms with E-state index in [1.165, 1.54) is 5.39 Å². The average molecular weight is 442 g/mol. The van der Waals surface area contributed by atoms with Crippen LogP contribution in [0.25, 0.3) is 44.4 Å². The fraction of sp³-hybridized carbons (Fsp3) is 0.320. The first-order chi connectivity index (χ1) is 16.2. The topological polar surface area (TPSA) is 89.9 Å². The molecule has 0 unspecified atom stereocenters. The lowest BCUT2D eigenvalue weighted by molar-refractivity contribution is 0.0979. The van der Waals surface area contributed by atoms with Gasteiger partial charge in [0.2, 0.25) is 11.8 Å². The van der Waals surface area contributed by atoms with Gasteiger partial charge in [-0.25, -0.2) is 0 Å². The second-order valence-electron chi connectivity index (χ2n) is 9.01. The van der Waals surface area contributed by atoms with Gasteiger partial charge in [0.15, 0.2) is 0 Å². The molecule has 4 heterocycles. The number of rotatable bonds is 5. The lowest BCUT2D eigenvalue weighted by Gasteiger charge is -2.36. The summed E-state index contributed by atoms with van der Waals surface area (Å²) in [6, 6.07) is 13.2. The Labute approximate surface area is 191 Å². The van der Waals surface area contributed by atoms with Gasteiger partial charge in [0.25, 0.3) is 0 Å². The number of hydrogen-bond acceptors (Lipinski definition) is 6. The predicted molar refractivity (Wildman–Crippen MR) is 129 cm³/mol. The summed E-state index contributed by atoms with van der Waals surface area (Å²) >= 11 is 0. The maximum absolute atomic E-state index is 6.16. The molecule has 8 heteroatoms. The second kappa shape index (κ2) is 8.13. The summed E-state index contributed by atoms with van der Waals surface area (Å²) in [5, 5.41) is 18.3. The van der Waals surface area contributed by atoms with Gasteiger partial charge in [0, 0.05) is 54.7 Å². The highest BCUT2D eigenvalue weighted by Crippen LogP contribution is 2.35. The quantitative estimate of drug-likeness (QED) is 0.423. The highest BCUT2D eigenvalue weighted by molar-refractivity contribution is 6.01. The van der Waals surface area contributed by atoms with Crippen LogP contribution >= 0.6 is 0 Å². The number of aromatic nitrogens is 5. The number of nitrogens with zero attached hydrogens (tertiary/aromatic N) is 5. The van der Waals surface area contributed by atoms with E-state index in [2.05, 4.69) is 85.4 Å². The molecule has 1 fully saturated rings. The number of fused-ring (bicyclic) bond motifs is 2. The first kappa shape index (κ1) is 20.1. The zero-order chi connectivity index (χ0) is 22.4. The summed E-state index contributed by atoms with van der Waals surface area (Å²) in [7, 11) is 0. The Morgan fingerprint density at radius 1 is 0.970 bits per heavy atom. The van der Waals surface area contributed by atoms with Gasteiger partial charge >= 0.3 is 0 Å². The number of H-pyrrole nitrogens is 2. The van der Waals surface area contributed by atoms with Crippen molar-refractivity contribution in [2.75, 3.05) is 26.2 Å². The molecule has 33 heavy (non-hydrogen) atoms. The molecule has 0 amide bonds. The molecule has 0 aliphatic carbocycles. The van der Waals surface area contributed by atoms with Crippen molar-refractivity contribution in [2.45, 2.75) is 26.4 Å². The molecule has 168 valence electrons. The monoisotopic (exact) mass is 441 g/mol. The van der Waals surface area contributed by atoms with Crippen LogP contribution in [-0.4, -0.2) is 67.4 Å². The first-order valence-corrected chi connectivity index (χ1v) is 11.5. The molecule has 5 aromatic rings. The molecule has 1 saturated heterocycles. The van der Waals surface area contributed by atoms with Crippen molar-refractivity contribution in [3.63, 3.8) is 0 Å². The zero-order valence-electron chi connectivity index (χ0n) is 18.9. The van der Waals surface area contributed by atoms with Crippen LogP contribution in [0.4, 0.5) is 0 Å². The van der Waals surface area contributed by atoms with E-state index in [-0.39, 0.29) is 0 Å². The van der Waals surface area contributed by atoms with Crippen LogP contribution in [0.3, 0.4) is 0 Å². The van der Waals surface area contributed by atoms with Crippen molar-refractivity contribution in [1.82, 2.24) is 35.2 Å². The molecular formula is C25H27N7O. The van der Waals surface area contributed by atoms with Gasteiger partial charge < -0.3 is 9.40 Å². The van der Waals surface area contributed by atoms with Crippen molar-refractivity contribution in [3.8, 4) is 22.6 Å². The molecule has 0 saturated carbocycles.